The van der Waals surface area contributed by atoms with Gasteiger partial charge in [0.15, 0.2) is 0 Å². The van der Waals surface area contributed by atoms with E-state index in [0.29, 0.717) is 6.42 Å². The monoisotopic (exact) mass is 210 g/mol. The van der Waals surface area contributed by atoms with Crippen LogP contribution in [0.5, 0.6) is 0 Å². The number of carbonyl (C=O) groups excluding carboxylic acids is 1. The normalized spacial score (nSPS) is 23.3. The second kappa shape index (κ2) is 4.16. The van der Waals surface area contributed by atoms with Gasteiger partial charge in [0.25, 0.3) is 0 Å². The van der Waals surface area contributed by atoms with Crippen molar-refractivity contribution in [2.24, 2.45) is 0 Å². The number of nitrogens with one attached hydrogen (secondary N) is 1. The average molecular weight is 210 g/mol. The molecule has 1 aliphatic heterocycles. The number of hydrogen-bond acceptors (Lipinski definition) is 2. The van der Waals surface area contributed by atoms with Crippen molar-refractivity contribution in [3.63, 3.8) is 0 Å². The molecule has 0 aromatic carbocycles. The number of alkyl halides is 3. The highest BCUT2D eigenvalue weighted by Crippen LogP contribution is 2.20. The molecule has 0 aromatic rings. The van der Waals surface area contributed by atoms with Gasteiger partial charge in [0.05, 0.1) is 19.1 Å². The van der Waals surface area contributed by atoms with Crippen LogP contribution < -0.4 is 5.32 Å². The fourth-order valence-corrected chi connectivity index (χ4v) is 1.38. The van der Waals surface area contributed by atoms with Gasteiger partial charge in [-0.2, -0.15) is 13.2 Å². The Bertz CT molecular complexity index is 217. The lowest BCUT2D eigenvalue weighted by Gasteiger charge is -2.16. The number of halogens is 3. The lowest BCUT2D eigenvalue weighted by atomic mass is 10.2. The maximum atomic E-state index is 11.9. The molecule has 82 valence electrons. The van der Waals surface area contributed by atoms with Crippen molar-refractivity contribution in [3.8, 4) is 0 Å². The van der Waals surface area contributed by atoms with Crippen molar-refractivity contribution in [1.82, 2.24) is 10.2 Å². The Morgan fingerprint density at radius 3 is 2.64 bits per heavy atom. The number of carbonyl (C=O) groups is 1. The Kier molecular flexibility index (Phi) is 3.36. The number of nitrogens with zero attached hydrogens (tertiary/aromatic N) is 1. The van der Waals surface area contributed by atoms with Crippen molar-refractivity contribution in [1.29, 1.82) is 0 Å². The minimum absolute atomic E-state index is 0.225. The Labute approximate surface area is 80.3 Å². The third-order valence-electron chi connectivity index (χ3n) is 2.21. The van der Waals surface area contributed by atoms with Crippen LogP contribution in [0, 0.1) is 0 Å². The molecule has 6 heteroatoms. The molecular formula is C8H13F3N2O. The molecule has 0 aliphatic carbocycles. The molecule has 1 fully saturated rings. The molecule has 1 N–H and O–H groups in total. The summed E-state index contributed by atoms with van der Waals surface area (Å²) in [5.41, 5.74) is 0. The predicted octanol–water partition coefficient (Wildman–Crippen LogP) is 1.11. The number of hydrogen-bond donors (Lipinski definition) is 1. The molecular weight excluding hydrogens is 197 g/mol. The van der Waals surface area contributed by atoms with E-state index in [1.165, 1.54) is 4.90 Å². The van der Waals surface area contributed by atoms with E-state index in [2.05, 4.69) is 5.32 Å². The fraction of sp³-hybridized carbons (Fsp3) is 0.875. The van der Waals surface area contributed by atoms with Crippen LogP contribution in [-0.2, 0) is 4.79 Å². The third-order valence-corrected chi connectivity index (χ3v) is 2.21. The number of rotatable bonds is 3. The molecule has 0 bridgehead atoms. The van der Waals surface area contributed by atoms with Gasteiger partial charge < -0.3 is 4.90 Å². The van der Waals surface area contributed by atoms with Gasteiger partial charge in [-0.3, -0.25) is 10.1 Å². The van der Waals surface area contributed by atoms with Gasteiger partial charge in [0.2, 0.25) is 5.91 Å². The molecule has 1 aliphatic rings. The topological polar surface area (TPSA) is 32.3 Å². The maximum absolute atomic E-state index is 11.9. The predicted molar refractivity (Wildman–Crippen MR) is 44.5 cm³/mol. The standard InChI is InChI=1S/C8H13F3N2O/c1-2-6-7(14)13(5-12-6)4-3-8(9,10)11/h6,12H,2-5H2,1H3. The molecule has 0 radical (unpaired) electrons. The van der Waals surface area contributed by atoms with Gasteiger partial charge in [0, 0.05) is 6.54 Å². The van der Waals surface area contributed by atoms with Gasteiger partial charge in [-0.15, -0.1) is 0 Å². The van der Waals surface area contributed by atoms with Crippen molar-refractivity contribution in [3.05, 3.63) is 0 Å². The van der Waals surface area contributed by atoms with Gasteiger partial charge in [-0.05, 0) is 6.42 Å². The zero-order chi connectivity index (χ0) is 10.8. The highest BCUT2D eigenvalue weighted by atomic mass is 19.4. The Morgan fingerprint density at radius 1 is 1.57 bits per heavy atom. The second-order valence-electron chi connectivity index (χ2n) is 3.29. The quantitative estimate of drug-likeness (QED) is 0.756. The van der Waals surface area contributed by atoms with Crippen LogP contribution in [0.25, 0.3) is 0 Å². The maximum Gasteiger partial charge on any atom is 0.390 e. The third kappa shape index (κ3) is 2.87. The summed E-state index contributed by atoms with van der Waals surface area (Å²) in [7, 11) is 0. The van der Waals surface area contributed by atoms with Crippen molar-refractivity contribution >= 4 is 5.91 Å². The van der Waals surface area contributed by atoms with Crippen molar-refractivity contribution in [2.45, 2.75) is 32.0 Å². The van der Waals surface area contributed by atoms with E-state index in [4.69, 9.17) is 0 Å². The summed E-state index contributed by atoms with van der Waals surface area (Å²) in [6.07, 6.45) is -4.51. The van der Waals surface area contributed by atoms with E-state index in [1.807, 2.05) is 6.92 Å². The summed E-state index contributed by atoms with van der Waals surface area (Å²) < 4.78 is 35.6. The van der Waals surface area contributed by atoms with Crippen LogP contribution in [-0.4, -0.2) is 36.2 Å². The minimum Gasteiger partial charge on any atom is -0.328 e. The van der Waals surface area contributed by atoms with Gasteiger partial charge in [-0.1, -0.05) is 6.92 Å². The van der Waals surface area contributed by atoms with Gasteiger partial charge >= 0.3 is 6.18 Å². The first-order valence-electron chi connectivity index (χ1n) is 4.53. The van der Waals surface area contributed by atoms with E-state index in [0.717, 1.165) is 0 Å². The molecule has 3 nitrogen and oxygen atoms in total. The molecule has 1 unspecified atom stereocenters. The molecule has 0 saturated carbocycles. The molecule has 1 atom stereocenters. The highest BCUT2D eigenvalue weighted by Gasteiger charge is 2.33. The molecule has 0 spiro atoms. The van der Waals surface area contributed by atoms with E-state index in [9.17, 15) is 18.0 Å². The molecule has 1 heterocycles. The van der Waals surface area contributed by atoms with Crippen LogP contribution in [0.2, 0.25) is 0 Å². The molecule has 0 aromatic heterocycles. The SMILES string of the molecule is CCC1NCN(CCC(F)(F)F)C1=O. The summed E-state index contributed by atoms with van der Waals surface area (Å²) >= 11 is 0. The zero-order valence-corrected chi connectivity index (χ0v) is 7.90. The summed E-state index contributed by atoms with van der Waals surface area (Å²) in [6.45, 7) is 1.81. The van der Waals surface area contributed by atoms with Crippen molar-refractivity contribution in [2.75, 3.05) is 13.2 Å². The summed E-state index contributed by atoms with van der Waals surface area (Å²) in [5.74, 6) is -0.225. The van der Waals surface area contributed by atoms with Crippen LogP contribution in [0.4, 0.5) is 13.2 Å². The van der Waals surface area contributed by atoms with Crippen LogP contribution >= 0.6 is 0 Å². The zero-order valence-electron chi connectivity index (χ0n) is 7.90. The van der Waals surface area contributed by atoms with E-state index < -0.39 is 12.6 Å². The van der Waals surface area contributed by atoms with E-state index in [-0.39, 0.29) is 25.2 Å². The Balaban J connectivity index is 2.37. The van der Waals surface area contributed by atoms with Gasteiger partial charge in [0.1, 0.15) is 0 Å². The highest BCUT2D eigenvalue weighted by molar-refractivity contribution is 5.83. The second-order valence-corrected chi connectivity index (χ2v) is 3.29. The first-order chi connectivity index (χ1) is 6.44. The summed E-state index contributed by atoms with van der Waals surface area (Å²) in [4.78, 5) is 12.6. The van der Waals surface area contributed by atoms with Gasteiger partial charge in [-0.25, -0.2) is 0 Å². The van der Waals surface area contributed by atoms with Crippen LogP contribution in [0.1, 0.15) is 19.8 Å². The first kappa shape index (κ1) is 11.3. The van der Waals surface area contributed by atoms with Crippen LogP contribution in [0.15, 0.2) is 0 Å². The van der Waals surface area contributed by atoms with E-state index in [1.54, 1.807) is 0 Å². The molecule has 1 rings (SSSR count). The van der Waals surface area contributed by atoms with Crippen molar-refractivity contribution < 1.29 is 18.0 Å². The molecule has 1 amide bonds. The molecule has 1 saturated heterocycles. The largest absolute Gasteiger partial charge is 0.390 e. The summed E-state index contributed by atoms with van der Waals surface area (Å²) in [5, 5.41) is 2.85. The number of amides is 1. The minimum atomic E-state index is -4.19. The lowest BCUT2D eigenvalue weighted by molar-refractivity contribution is -0.143. The lowest BCUT2D eigenvalue weighted by Crippen LogP contribution is -2.32. The van der Waals surface area contributed by atoms with E-state index >= 15 is 0 Å². The fourth-order valence-electron chi connectivity index (χ4n) is 1.38. The Morgan fingerprint density at radius 2 is 2.21 bits per heavy atom. The molecule has 14 heavy (non-hydrogen) atoms. The van der Waals surface area contributed by atoms with Crippen LogP contribution in [0.3, 0.4) is 0 Å². The smallest absolute Gasteiger partial charge is 0.328 e. The Hall–Kier alpha value is -0.780. The average Bonchev–Trinajstić information content (AvgIpc) is 2.42. The summed E-state index contributed by atoms with van der Waals surface area (Å²) in [6, 6.07) is -0.303. The first-order valence-corrected chi connectivity index (χ1v) is 4.53.